The van der Waals surface area contributed by atoms with Crippen LogP contribution in [-0.2, 0) is 19.4 Å². The highest BCUT2D eigenvalue weighted by Gasteiger charge is 2.16. The molecule has 0 bridgehead atoms. The van der Waals surface area contributed by atoms with Crippen molar-refractivity contribution in [1.82, 2.24) is 0 Å². The summed E-state index contributed by atoms with van der Waals surface area (Å²) in [5.41, 5.74) is 3.99. The van der Waals surface area contributed by atoms with E-state index in [-0.39, 0.29) is 0 Å². The average molecular weight is 311 g/mol. The number of unbranched alkanes of at least 4 members (excludes halogenated alkanes) is 8. The SMILES string of the molecule is CCCCCCCC[n+]1csc(CCCCCC)c1CC. The summed E-state index contributed by atoms with van der Waals surface area (Å²) >= 11 is 1.99. The Bertz CT molecular complexity index is 356. The van der Waals surface area contributed by atoms with Gasteiger partial charge in [0.2, 0.25) is 5.51 Å². The molecule has 21 heavy (non-hydrogen) atoms. The highest BCUT2D eigenvalue weighted by atomic mass is 32.1. The van der Waals surface area contributed by atoms with E-state index in [9.17, 15) is 0 Å². The van der Waals surface area contributed by atoms with Crippen molar-refractivity contribution in [3.8, 4) is 0 Å². The molecule has 1 heterocycles. The van der Waals surface area contributed by atoms with Gasteiger partial charge in [-0.15, -0.1) is 0 Å². The molecular formula is C19H36NS+. The largest absolute Gasteiger partial charge is 0.225 e. The van der Waals surface area contributed by atoms with Gasteiger partial charge in [0, 0.05) is 12.8 Å². The molecule has 0 aromatic carbocycles. The van der Waals surface area contributed by atoms with Gasteiger partial charge in [-0.1, -0.05) is 77.1 Å². The molecule has 1 rings (SSSR count). The minimum atomic E-state index is 1.20. The summed E-state index contributed by atoms with van der Waals surface area (Å²) < 4.78 is 2.54. The number of rotatable bonds is 13. The fourth-order valence-corrected chi connectivity index (χ4v) is 4.13. The van der Waals surface area contributed by atoms with Crippen molar-refractivity contribution in [3.63, 3.8) is 0 Å². The zero-order chi connectivity index (χ0) is 15.3. The van der Waals surface area contributed by atoms with Crippen LogP contribution in [0.1, 0.15) is 95.6 Å². The van der Waals surface area contributed by atoms with E-state index >= 15 is 0 Å². The molecule has 0 N–H and O–H groups in total. The van der Waals surface area contributed by atoms with Crippen LogP contribution in [0.5, 0.6) is 0 Å². The van der Waals surface area contributed by atoms with E-state index in [1.165, 1.54) is 83.6 Å². The van der Waals surface area contributed by atoms with Gasteiger partial charge >= 0.3 is 0 Å². The number of nitrogens with zero attached hydrogens (tertiary/aromatic N) is 1. The van der Waals surface area contributed by atoms with Gasteiger partial charge in [0.05, 0.1) is 4.88 Å². The fourth-order valence-electron chi connectivity index (χ4n) is 2.99. The Labute approximate surface area is 136 Å². The van der Waals surface area contributed by atoms with Gasteiger partial charge < -0.3 is 0 Å². The van der Waals surface area contributed by atoms with Crippen molar-refractivity contribution < 1.29 is 4.57 Å². The van der Waals surface area contributed by atoms with E-state index in [1.54, 1.807) is 10.6 Å². The number of hydrogen-bond acceptors (Lipinski definition) is 1. The van der Waals surface area contributed by atoms with Crippen LogP contribution in [0.15, 0.2) is 5.51 Å². The highest BCUT2D eigenvalue weighted by molar-refractivity contribution is 7.09. The molecule has 0 aliphatic rings. The summed E-state index contributed by atoms with van der Waals surface area (Å²) in [4.78, 5) is 1.65. The first kappa shape index (κ1) is 18.7. The summed E-state index contributed by atoms with van der Waals surface area (Å²) in [6.45, 7) is 8.13. The van der Waals surface area contributed by atoms with E-state index < -0.39 is 0 Å². The predicted molar refractivity (Wildman–Crippen MR) is 95.1 cm³/mol. The van der Waals surface area contributed by atoms with Crippen LogP contribution in [0.25, 0.3) is 0 Å². The summed E-state index contributed by atoms with van der Waals surface area (Å²) in [7, 11) is 0. The molecule has 0 unspecified atom stereocenters. The molecule has 0 saturated carbocycles. The quantitative estimate of drug-likeness (QED) is 0.307. The van der Waals surface area contributed by atoms with Crippen LogP contribution in [-0.4, -0.2) is 0 Å². The van der Waals surface area contributed by atoms with Gasteiger partial charge in [-0.3, -0.25) is 0 Å². The highest BCUT2D eigenvalue weighted by Crippen LogP contribution is 2.17. The Balaban J connectivity index is 2.32. The van der Waals surface area contributed by atoms with Crippen LogP contribution in [0.3, 0.4) is 0 Å². The molecule has 0 fully saturated rings. The lowest BCUT2D eigenvalue weighted by Gasteiger charge is -2.01. The molecule has 1 aromatic heterocycles. The standard InChI is InChI=1S/C19H36NS/c1-4-7-9-11-12-14-16-20-17-21-19(18(20)6-3)15-13-10-8-5-2/h17H,4-16H2,1-3H3/q+1. The second-order valence-electron chi connectivity index (χ2n) is 6.22. The summed E-state index contributed by atoms with van der Waals surface area (Å²) in [6.07, 6.45) is 16.4. The average Bonchev–Trinajstić information content (AvgIpc) is 2.89. The normalized spacial score (nSPS) is 11.2. The second kappa shape index (κ2) is 12.2. The first-order valence-electron chi connectivity index (χ1n) is 9.32. The fraction of sp³-hybridized carbons (Fsp3) is 0.842. The molecule has 1 nitrogen and oxygen atoms in total. The third kappa shape index (κ3) is 7.44. The monoisotopic (exact) mass is 310 g/mol. The van der Waals surface area contributed by atoms with Crippen LogP contribution in [0.2, 0.25) is 0 Å². The van der Waals surface area contributed by atoms with Gasteiger partial charge in [0.15, 0.2) is 5.69 Å². The summed E-state index contributed by atoms with van der Waals surface area (Å²) in [5, 5.41) is 0. The van der Waals surface area contributed by atoms with E-state index in [2.05, 4.69) is 30.8 Å². The van der Waals surface area contributed by atoms with Crippen molar-refractivity contribution in [1.29, 1.82) is 0 Å². The maximum Gasteiger partial charge on any atom is 0.225 e. The smallest absolute Gasteiger partial charge is 0.192 e. The Morgan fingerprint density at radius 2 is 1.43 bits per heavy atom. The van der Waals surface area contributed by atoms with Gasteiger partial charge in [-0.05, 0) is 19.3 Å². The molecule has 0 amide bonds. The molecule has 122 valence electrons. The topological polar surface area (TPSA) is 3.88 Å². The van der Waals surface area contributed by atoms with Crippen molar-refractivity contribution in [2.75, 3.05) is 0 Å². The third-order valence-corrected chi connectivity index (χ3v) is 5.42. The first-order chi connectivity index (χ1) is 10.3. The maximum absolute atomic E-state index is 2.54. The van der Waals surface area contributed by atoms with Crippen LogP contribution < -0.4 is 4.57 Å². The van der Waals surface area contributed by atoms with Crippen LogP contribution in [0, 0.1) is 0 Å². The Hall–Kier alpha value is -0.370. The molecule has 0 radical (unpaired) electrons. The molecule has 0 saturated heterocycles. The molecular weight excluding hydrogens is 274 g/mol. The van der Waals surface area contributed by atoms with Crippen molar-refractivity contribution in [2.24, 2.45) is 0 Å². The first-order valence-corrected chi connectivity index (χ1v) is 10.2. The lowest BCUT2D eigenvalue weighted by Crippen LogP contribution is -2.35. The predicted octanol–water partition coefficient (Wildman–Crippen LogP) is 6.08. The summed E-state index contributed by atoms with van der Waals surface area (Å²) in [5.74, 6) is 0. The van der Waals surface area contributed by atoms with E-state index in [0.717, 1.165) is 0 Å². The van der Waals surface area contributed by atoms with Gasteiger partial charge in [-0.25, -0.2) is 0 Å². The Kier molecular flexibility index (Phi) is 10.9. The lowest BCUT2D eigenvalue weighted by molar-refractivity contribution is -0.700. The van der Waals surface area contributed by atoms with E-state index in [4.69, 9.17) is 0 Å². The van der Waals surface area contributed by atoms with E-state index in [1.807, 2.05) is 11.3 Å². The molecule has 0 aliphatic carbocycles. The molecule has 1 aromatic rings. The van der Waals surface area contributed by atoms with Crippen molar-refractivity contribution >= 4 is 11.3 Å². The van der Waals surface area contributed by atoms with E-state index in [0.29, 0.717) is 0 Å². The lowest BCUT2D eigenvalue weighted by atomic mass is 10.1. The number of aromatic nitrogens is 1. The van der Waals surface area contributed by atoms with Gasteiger partial charge in [-0.2, -0.15) is 4.57 Å². The molecule has 2 heteroatoms. The number of thiazole rings is 1. The van der Waals surface area contributed by atoms with Crippen LogP contribution >= 0.6 is 11.3 Å². The molecule has 0 spiro atoms. The van der Waals surface area contributed by atoms with Gasteiger partial charge in [0.1, 0.15) is 6.54 Å². The zero-order valence-electron chi connectivity index (χ0n) is 14.6. The van der Waals surface area contributed by atoms with Crippen LogP contribution in [0.4, 0.5) is 0 Å². The third-order valence-electron chi connectivity index (χ3n) is 4.34. The Morgan fingerprint density at radius 1 is 0.810 bits per heavy atom. The van der Waals surface area contributed by atoms with Crippen molar-refractivity contribution in [3.05, 3.63) is 16.1 Å². The minimum Gasteiger partial charge on any atom is -0.192 e. The number of hydrogen-bond donors (Lipinski definition) is 0. The van der Waals surface area contributed by atoms with Gasteiger partial charge in [0.25, 0.3) is 0 Å². The van der Waals surface area contributed by atoms with Crippen molar-refractivity contribution in [2.45, 2.75) is 104 Å². The maximum atomic E-state index is 2.54. The zero-order valence-corrected chi connectivity index (χ0v) is 15.4. The molecule has 0 aliphatic heterocycles. The summed E-state index contributed by atoms with van der Waals surface area (Å²) in [6, 6.07) is 0. The minimum absolute atomic E-state index is 1.20. The Morgan fingerprint density at radius 3 is 2.10 bits per heavy atom. The second-order valence-corrected chi connectivity index (χ2v) is 7.16. The molecule has 0 atom stereocenters. The number of aryl methyl sites for hydroxylation is 2.